The Kier molecular flexibility index (Phi) is 3.58. The Morgan fingerprint density at radius 1 is 1.09 bits per heavy atom. The largest absolute Gasteiger partial charge is 0.113 e. The molecule has 1 heteroatoms. The lowest BCUT2D eigenvalue weighted by atomic mass is 10.2. The smallest absolute Gasteiger partial charge is 0.0835 e. The minimum Gasteiger partial charge on any atom is -0.113 e. The van der Waals surface area contributed by atoms with Crippen LogP contribution in [-0.2, 0) is 6.42 Å². The molecule has 1 aromatic rings. The van der Waals surface area contributed by atoms with Gasteiger partial charge < -0.3 is 0 Å². The summed E-state index contributed by atoms with van der Waals surface area (Å²) < 4.78 is 0. The van der Waals surface area contributed by atoms with Gasteiger partial charge in [-0.25, -0.2) is 0 Å². The van der Waals surface area contributed by atoms with E-state index in [4.69, 9.17) is 11.6 Å². The molecule has 0 aliphatic rings. The molecule has 0 aliphatic heterocycles. The summed E-state index contributed by atoms with van der Waals surface area (Å²) in [6.07, 6.45) is 0.799. The summed E-state index contributed by atoms with van der Waals surface area (Å²) >= 11 is 5.39. The van der Waals surface area contributed by atoms with Crippen molar-refractivity contribution in [3.05, 3.63) is 35.9 Å². The number of hydrogen-bond donors (Lipinski definition) is 0. The van der Waals surface area contributed by atoms with E-state index in [0.717, 1.165) is 6.42 Å². The van der Waals surface area contributed by atoms with Crippen molar-refractivity contribution in [1.82, 2.24) is 0 Å². The van der Waals surface area contributed by atoms with E-state index < -0.39 is 0 Å². The van der Waals surface area contributed by atoms with E-state index in [2.05, 4.69) is 24.0 Å². The lowest BCUT2D eigenvalue weighted by Crippen LogP contribution is -1.78. The van der Waals surface area contributed by atoms with Crippen LogP contribution in [0.2, 0.25) is 0 Å². The van der Waals surface area contributed by atoms with Gasteiger partial charge in [-0.2, -0.15) is 0 Å². The summed E-state index contributed by atoms with van der Waals surface area (Å²) in [4.78, 5) is 0. The van der Waals surface area contributed by atoms with Gasteiger partial charge in [0, 0.05) is 6.42 Å². The summed E-state index contributed by atoms with van der Waals surface area (Å²) in [5.74, 6) is 6.21. The second-order valence-electron chi connectivity index (χ2n) is 2.15. The quantitative estimate of drug-likeness (QED) is 0.442. The molecular weight excluding hydrogens is 156 g/mol. The first-order valence-corrected chi connectivity index (χ1v) is 4.02. The minimum absolute atomic E-state index is 0.423. The maximum atomic E-state index is 5.39. The molecule has 0 aromatic heterocycles. The van der Waals surface area contributed by atoms with Gasteiger partial charge in [-0.1, -0.05) is 42.2 Å². The van der Waals surface area contributed by atoms with Crippen molar-refractivity contribution >= 4 is 11.6 Å². The zero-order valence-electron chi connectivity index (χ0n) is 6.18. The van der Waals surface area contributed by atoms with Crippen LogP contribution in [0.5, 0.6) is 0 Å². The summed E-state index contributed by atoms with van der Waals surface area (Å²) in [6.45, 7) is 0. The highest BCUT2D eigenvalue weighted by Gasteiger charge is 1.83. The number of rotatable bonds is 1. The topological polar surface area (TPSA) is 0 Å². The van der Waals surface area contributed by atoms with Crippen LogP contribution in [0.4, 0.5) is 0 Å². The molecule has 0 saturated heterocycles. The lowest BCUT2D eigenvalue weighted by Gasteiger charge is -1.90. The Balaban J connectivity index is 2.52. The van der Waals surface area contributed by atoms with Gasteiger partial charge >= 0.3 is 0 Å². The van der Waals surface area contributed by atoms with Gasteiger partial charge in [0.25, 0.3) is 0 Å². The van der Waals surface area contributed by atoms with Crippen molar-refractivity contribution in [1.29, 1.82) is 0 Å². The lowest BCUT2D eigenvalue weighted by molar-refractivity contribution is 1.32. The third-order valence-corrected chi connectivity index (χ3v) is 1.46. The molecular formula is C10H9Cl. The van der Waals surface area contributed by atoms with Gasteiger partial charge in [-0.05, 0) is 5.56 Å². The fourth-order valence-electron chi connectivity index (χ4n) is 0.808. The molecule has 0 unspecified atom stereocenters. The summed E-state index contributed by atoms with van der Waals surface area (Å²) in [6, 6.07) is 10.1. The molecule has 1 aromatic carbocycles. The Morgan fingerprint density at radius 2 is 1.82 bits per heavy atom. The highest BCUT2D eigenvalue weighted by molar-refractivity contribution is 6.19. The van der Waals surface area contributed by atoms with Gasteiger partial charge in [-0.15, -0.1) is 11.6 Å². The Bertz CT molecular complexity index is 253. The number of benzene rings is 1. The Hall–Kier alpha value is -0.930. The number of alkyl halides is 1. The first kappa shape index (κ1) is 8.17. The Labute approximate surface area is 72.2 Å². The van der Waals surface area contributed by atoms with E-state index in [9.17, 15) is 0 Å². The van der Waals surface area contributed by atoms with Gasteiger partial charge in [0.15, 0.2) is 0 Å². The van der Waals surface area contributed by atoms with Crippen LogP contribution in [0.15, 0.2) is 30.3 Å². The van der Waals surface area contributed by atoms with Crippen molar-refractivity contribution in [3.8, 4) is 11.8 Å². The van der Waals surface area contributed by atoms with Gasteiger partial charge in [0.2, 0.25) is 0 Å². The molecule has 0 amide bonds. The van der Waals surface area contributed by atoms with Crippen molar-refractivity contribution in [3.63, 3.8) is 0 Å². The third-order valence-electron chi connectivity index (χ3n) is 1.33. The predicted molar refractivity (Wildman–Crippen MR) is 48.6 cm³/mol. The van der Waals surface area contributed by atoms with Crippen LogP contribution >= 0.6 is 11.6 Å². The second-order valence-corrected chi connectivity index (χ2v) is 2.42. The molecule has 0 heterocycles. The average molecular weight is 165 g/mol. The van der Waals surface area contributed by atoms with Crippen LogP contribution in [-0.4, -0.2) is 5.88 Å². The first-order chi connectivity index (χ1) is 5.43. The van der Waals surface area contributed by atoms with Crippen LogP contribution in [0, 0.1) is 11.8 Å². The van der Waals surface area contributed by atoms with Crippen molar-refractivity contribution < 1.29 is 0 Å². The standard InChI is InChI=1S/C10H9Cl/c11-9-5-4-8-10-6-2-1-3-7-10/h1-3,6-7H,8-9H2. The monoisotopic (exact) mass is 164 g/mol. The molecule has 0 N–H and O–H groups in total. The average Bonchev–Trinajstić information content (AvgIpc) is 2.07. The molecule has 56 valence electrons. The molecule has 0 spiro atoms. The summed E-state index contributed by atoms with van der Waals surface area (Å²) in [5.41, 5.74) is 1.24. The van der Waals surface area contributed by atoms with E-state index in [1.165, 1.54) is 5.56 Å². The van der Waals surface area contributed by atoms with E-state index in [-0.39, 0.29) is 0 Å². The molecule has 0 nitrogen and oxygen atoms in total. The van der Waals surface area contributed by atoms with Crippen molar-refractivity contribution in [2.24, 2.45) is 0 Å². The van der Waals surface area contributed by atoms with Gasteiger partial charge in [0.05, 0.1) is 5.88 Å². The molecule has 0 saturated carbocycles. The maximum absolute atomic E-state index is 5.39. The molecule has 1 rings (SSSR count). The molecule has 0 aliphatic carbocycles. The van der Waals surface area contributed by atoms with E-state index in [0.29, 0.717) is 5.88 Å². The van der Waals surface area contributed by atoms with Gasteiger partial charge in [0.1, 0.15) is 0 Å². The summed E-state index contributed by atoms with van der Waals surface area (Å²) in [5, 5.41) is 0. The van der Waals surface area contributed by atoms with Crippen LogP contribution in [0.1, 0.15) is 5.56 Å². The number of hydrogen-bond acceptors (Lipinski definition) is 0. The van der Waals surface area contributed by atoms with Crippen LogP contribution < -0.4 is 0 Å². The van der Waals surface area contributed by atoms with Crippen LogP contribution in [0.25, 0.3) is 0 Å². The zero-order chi connectivity index (χ0) is 7.94. The van der Waals surface area contributed by atoms with Gasteiger partial charge in [-0.3, -0.25) is 0 Å². The molecule has 11 heavy (non-hydrogen) atoms. The fourth-order valence-corrected chi connectivity index (χ4v) is 0.902. The normalized spacial score (nSPS) is 8.45. The minimum atomic E-state index is 0.423. The highest BCUT2D eigenvalue weighted by atomic mass is 35.5. The fraction of sp³-hybridized carbons (Fsp3) is 0.200. The molecule has 0 bridgehead atoms. The van der Waals surface area contributed by atoms with E-state index in [1.54, 1.807) is 0 Å². The van der Waals surface area contributed by atoms with Crippen LogP contribution in [0.3, 0.4) is 0 Å². The summed E-state index contributed by atoms with van der Waals surface area (Å²) in [7, 11) is 0. The number of halogens is 1. The highest BCUT2D eigenvalue weighted by Crippen LogP contribution is 1.97. The Morgan fingerprint density at radius 3 is 2.45 bits per heavy atom. The predicted octanol–water partition coefficient (Wildman–Crippen LogP) is 2.47. The van der Waals surface area contributed by atoms with Crippen molar-refractivity contribution in [2.45, 2.75) is 6.42 Å². The van der Waals surface area contributed by atoms with E-state index >= 15 is 0 Å². The van der Waals surface area contributed by atoms with E-state index in [1.807, 2.05) is 18.2 Å². The maximum Gasteiger partial charge on any atom is 0.0835 e. The molecule has 0 radical (unpaired) electrons. The zero-order valence-corrected chi connectivity index (χ0v) is 6.93. The van der Waals surface area contributed by atoms with Crippen molar-refractivity contribution in [2.75, 3.05) is 5.88 Å². The third kappa shape index (κ3) is 3.11. The first-order valence-electron chi connectivity index (χ1n) is 3.49. The molecule has 0 atom stereocenters. The second kappa shape index (κ2) is 4.82. The molecule has 0 fully saturated rings. The SMILES string of the molecule is ClCC#CCc1ccccc1.